The van der Waals surface area contributed by atoms with E-state index in [0.717, 1.165) is 18.8 Å². The van der Waals surface area contributed by atoms with Gasteiger partial charge >= 0.3 is 0 Å². The van der Waals surface area contributed by atoms with E-state index in [1.165, 1.54) is 0 Å². The fraction of sp³-hybridized carbons (Fsp3) is 0.857. The van der Waals surface area contributed by atoms with E-state index >= 15 is 0 Å². The third-order valence-electron chi connectivity index (χ3n) is 3.70. The van der Waals surface area contributed by atoms with Crippen LogP contribution in [-0.2, 0) is 17.7 Å². The predicted molar refractivity (Wildman–Crippen MR) is 72.8 cm³/mol. The topological polar surface area (TPSA) is 60.2 Å². The first-order valence-corrected chi connectivity index (χ1v) is 7.23. The van der Waals surface area contributed by atoms with E-state index in [0.29, 0.717) is 31.8 Å². The lowest BCUT2D eigenvalue weighted by Crippen LogP contribution is -2.43. The molecule has 1 N–H and O–H groups in total. The molecule has 1 aromatic rings. The molecule has 108 valence electrons. The van der Waals surface area contributed by atoms with Crippen LogP contribution in [0.5, 0.6) is 0 Å². The minimum absolute atomic E-state index is 0.167. The highest BCUT2D eigenvalue weighted by Gasteiger charge is 2.35. The largest absolute Gasteiger partial charge is 0.389 e. The van der Waals surface area contributed by atoms with Crippen molar-refractivity contribution in [3.8, 4) is 0 Å². The van der Waals surface area contributed by atoms with Crippen molar-refractivity contribution in [3.05, 3.63) is 12.2 Å². The van der Waals surface area contributed by atoms with Crippen LogP contribution in [0.1, 0.15) is 45.9 Å². The molecule has 2 atom stereocenters. The second kappa shape index (κ2) is 6.01. The van der Waals surface area contributed by atoms with Gasteiger partial charge in [-0.1, -0.05) is 20.8 Å². The summed E-state index contributed by atoms with van der Waals surface area (Å²) >= 11 is 0. The number of hydrogen-bond donors (Lipinski definition) is 1. The average Bonchev–Trinajstić information content (AvgIpc) is 2.75. The Hall–Kier alpha value is -0.940. The van der Waals surface area contributed by atoms with Gasteiger partial charge in [-0.2, -0.15) is 5.10 Å². The lowest BCUT2D eigenvalue weighted by atomic mass is 9.86. The second-order valence-electron chi connectivity index (χ2n) is 6.01. The molecule has 5 nitrogen and oxygen atoms in total. The Morgan fingerprint density at radius 2 is 2.37 bits per heavy atom. The van der Waals surface area contributed by atoms with E-state index in [9.17, 15) is 5.11 Å². The first-order chi connectivity index (χ1) is 9.02. The maximum Gasteiger partial charge on any atom is 0.138 e. The zero-order valence-corrected chi connectivity index (χ0v) is 12.2. The predicted octanol–water partition coefficient (Wildman–Crippen LogP) is 1.80. The van der Waals surface area contributed by atoms with Gasteiger partial charge in [-0.15, -0.1) is 0 Å². The lowest BCUT2D eigenvalue weighted by Gasteiger charge is -2.36. The molecule has 0 aromatic carbocycles. The first kappa shape index (κ1) is 14.5. The van der Waals surface area contributed by atoms with Crippen LogP contribution in [0, 0.1) is 5.92 Å². The van der Waals surface area contributed by atoms with Gasteiger partial charge in [-0.3, -0.25) is 0 Å². The summed E-state index contributed by atoms with van der Waals surface area (Å²) in [6.45, 7) is 7.88. The van der Waals surface area contributed by atoms with Crippen molar-refractivity contribution in [2.45, 2.75) is 64.7 Å². The molecule has 1 aromatic heterocycles. The molecule has 0 bridgehead atoms. The zero-order valence-electron chi connectivity index (χ0n) is 12.2. The van der Waals surface area contributed by atoms with Crippen LogP contribution in [-0.4, -0.2) is 38.2 Å². The minimum atomic E-state index is -0.694. The van der Waals surface area contributed by atoms with Crippen LogP contribution < -0.4 is 0 Å². The molecule has 0 spiro atoms. The number of aromatic nitrogens is 3. The van der Waals surface area contributed by atoms with E-state index in [4.69, 9.17) is 4.74 Å². The maximum atomic E-state index is 10.7. The number of hydrogen-bond acceptors (Lipinski definition) is 4. The summed E-state index contributed by atoms with van der Waals surface area (Å²) in [5.74, 6) is 1.40. The summed E-state index contributed by atoms with van der Waals surface area (Å²) in [5.41, 5.74) is -0.694. The fourth-order valence-electron chi connectivity index (χ4n) is 2.64. The molecule has 1 aliphatic rings. The highest BCUT2D eigenvalue weighted by atomic mass is 16.5. The monoisotopic (exact) mass is 267 g/mol. The van der Waals surface area contributed by atoms with Crippen LogP contribution in [0.25, 0.3) is 0 Å². The number of aliphatic hydroxyl groups is 1. The van der Waals surface area contributed by atoms with Gasteiger partial charge in [0, 0.05) is 32.4 Å². The molecule has 5 heteroatoms. The highest BCUT2D eigenvalue weighted by Crippen LogP contribution is 2.29. The van der Waals surface area contributed by atoms with Crippen LogP contribution in [0.2, 0.25) is 0 Å². The van der Waals surface area contributed by atoms with Crippen molar-refractivity contribution in [1.82, 2.24) is 14.8 Å². The fourth-order valence-corrected chi connectivity index (χ4v) is 2.64. The Kier molecular flexibility index (Phi) is 4.58. The van der Waals surface area contributed by atoms with Crippen LogP contribution in [0.4, 0.5) is 0 Å². The summed E-state index contributed by atoms with van der Waals surface area (Å²) in [6.07, 6.45) is 4.63. The molecule has 0 saturated carbocycles. The van der Waals surface area contributed by atoms with Crippen molar-refractivity contribution < 1.29 is 9.84 Å². The number of ether oxygens (including phenoxy) is 1. The summed E-state index contributed by atoms with van der Waals surface area (Å²) in [5, 5.41) is 15.0. The Morgan fingerprint density at radius 3 is 3.05 bits per heavy atom. The molecule has 1 fully saturated rings. The van der Waals surface area contributed by atoms with E-state index in [1.54, 1.807) is 6.33 Å². The lowest BCUT2D eigenvalue weighted by molar-refractivity contribution is -0.104. The van der Waals surface area contributed by atoms with Gasteiger partial charge in [0.1, 0.15) is 12.2 Å². The summed E-state index contributed by atoms with van der Waals surface area (Å²) in [7, 11) is 0. The third-order valence-corrected chi connectivity index (χ3v) is 3.70. The van der Waals surface area contributed by atoms with Gasteiger partial charge in [0.15, 0.2) is 0 Å². The summed E-state index contributed by atoms with van der Waals surface area (Å²) in [4.78, 5) is 4.31. The first-order valence-electron chi connectivity index (χ1n) is 7.23. The second-order valence-corrected chi connectivity index (χ2v) is 6.01. The molecule has 2 unspecified atom stereocenters. The third kappa shape index (κ3) is 3.76. The molecular weight excluding hydrogens is 242 g/mol. The molecule has 19 heavy (non-hydrogen) atoms. The quantitative estimate of drug-likeness (QED) is 0.883. The Balaban J connectivity index is 2.05. The van der Waals surface area contributed by atoms with Gasteiger partial charge in [-0.05, 0) is 12.3 Å². The molecule has 0 aliphatic carbocycles. The standard InChI is InChI=1S/C14H25N3O2/c1-4-12-7-14(18,5-6-19-12)8-13-15-10-16-17(13)9-11(2)3/h10-12,18H,4-9H2,1-3H3. The van der Waals surface area contributed by atoms with Crippen LogP contribution in [0.3, 0.4) is 0 Å². The average molecular weight is 267 g/mol. The molecule has 0 radical (unpaired) electrons. The van der Waals surface area contributed by atoms with E-state index in [-0.39, 0.29) is 6.10 Å². The van der Waals surface area contributed by atoms with Gasteiger partial charge in [0.25, 0.3) is 0 Å². The maximum absolute atomic E-state index is 10.7. The molecule has 2 heterocycles. The van der Waals surface area contributed by atoms with Gasteiger partial charge in [-0.25, -0.2) is 9.67 Å². The smallest absolute Gasteiger partial charge is 0.138 e. The van der Waals surface area contributed by atoms with E-state index in [2.05, 4.69) is 30.9 Å². The number of rotatable bonds is 5. The molecule has 1 saturated heterocycles. The van der Waals surface area contributed by atoms with Gasteiger partial charge in [0.2, 0.25) is 0 Å². The molecular formula is C14H25N3O2. The van der Waals surface area contributed by atoms with E-state index in [1.807, 2.05) is 4.68 Å². The Labute approximate surface area is 115 Å². The zero-order chi connectivity index (χ0) is 13.9. The van der Waals surface area contributed by atoms with Crippen LogP contribution >= 0.6 is 0 Å². The molecule has 0 amide bonds. The van der Waals surface area contributed by atoms with Gasteiger partial charge in [0.05, 0.1) is 11.7 Å². The van der Waals surface area contributed by atoms with Crippen molar-refractivity contribution in [2.24, 2.45) is 5.92 Å². The SMILES string of the molecule is CCC1CC(O)(Cc2ncnn2CC(C)C)CCO1. The van der Waals surface area contributed by atoms with Crippen molar-refractivity contribution in [3.63, 3.8) is 0 Å². The van der Waals surface area contributed by atoms with Crippen molar-refractivity contribution in [1.29, 1.82) is 0 Å². The normalized spacial score (nSPS) is 27.9. The van der Waals surface area contributed by atoms with Crippen molar-refractivity contribution in [2.75, 3.05) is 6.61 Å². The molecule has 2 rings (SSSR count). The molecule has 1 aliphatic heterocycles. The van der Waals surface area contributed by atoms with Crippen LogP contribution in [0.15, 0.2) is 6.33 Å². The van der Waals surface area contributed by atoms with E-state index < -0.39 is 5.60 Å². The van der Waals surface area contributed by atoms with Crippen molar-refractivity contribution >= 4 is 0 Å². The minimum Gasteiger partial charge on any atom is -0.389 e. The summed E-state index contributed by atoms with van der Waals surface area (Å²) in [6, 6.07) is 0. The Morgan fingerprint density at radius 1 is 1.58 bits per heavy atom. The number of nitrogens with zero attached hydrogens (tertiary/aromatic N) is 3. The summed E-state index contributed by atoms with van der Waals surface area (Å²) < 4.78 is 7.55. The Bertz CT molecular complexity index is 405. The van der Waals surface area contributed by atoms with Gasteiger partial charge < -0.3 is 9.84 Å². The highest BCUT2D eigenvalue weighted by molar-refractivity contribution is 4.97.